The maximum absolute atomic E-state index is 13.0. The molecule has 0 aliphatic heterocycles. The van der Waals surface area contributed by atoms with Gasteiger partial charge in [0.1, 0.15) is 0 Å². The molecule has 1 heterocycles. The summed E-state index contributed by atoms with van der Waals surface area (Å²) in [5.41, 5.74) is 0. The molecule has 2 nitrogen and oxygen atoms in total. The predicted molar refractivity (Wildman–Crippen MR) is 87.9 cm³/mol. The number of rotatable bonds is 11. The summed E-state index contributed by atoms with van der Waals surface area (Å²) in [6, 6.07) is 3.72. The second-order valence-electron chi connectivity index (χ2n) is 5.90. The van der Waals surface area contributed by atoms with Crippen LogP contribution < -0.4 is 0 Å². The molecule has 3 heteroatoms. The Kier molecular flexibility index (Phi) is 8.58. The Morgan fingerprint density at radius 1 is 1.00 bits per heavy atom. The molecule has 114 valence electrons. The van der Waals surface area contributed by atoms with E-state index < -0.39 is 18.4 Å². The zero-order chi connectivity index (χ0) is 14.8. The number of furan rings is 1. The van der Waals surface area contributed by atoms with E-state index in [1.165, 1.54) is 51.8 Å². The van der Waals surface area contributed by atoms with Crippen molar-refractivity contribution in [2.24, 2.45) is 0 Å². The number of hydrogen-bond donors (Lipinski definition) is 0. The molecule has 1 rings (SSSR count). The van der Waals surface area contributed by atoms with Crippen molar-refractivity contribution in [3.63, 3.8) is 0 Å². The second-order valence-corrected chi connectivity index (χ2v) is 18.8. The molecule has 0 saturated heterocycles. The molecule has 0 bridgehead atoms. The summed E-state index contributed by atoms with van der Waals surface area (Å²) in [6.07, 6.45) is 8.89. The van der Waals surface area contributed by atoms with Crippen molar-refractivity contribution in [3.05, 3.63) is 24.2 Å². The molecule has 0 aliphatic rings. The van der Waals surface area contributed by atoms with E-state index in [4.69, 9.17) is 4.42 Å². The van der Waals surface area contributed by atoms with Crippen LogP contribution in [0.4, 0.5) is 0 Å². The fourth-order valence-corrected chi connectivity index (χ4v) is 17.7. The Balaban J connectivity index is 2.95. The van der Waals surface area contributed by atoms with Crippen LogP contribution in [0.15, 0.2) is 22.8 Å². The third-order valence-electron chi connectivity index (χ3n) is 4.25. The van der Waals surface area contributed by atoms with Gasteiger partial charge in [-0.25, -0.2) is 0 Å². The van der Waals surface area contributed by atoms with Gasteiger partial charge in [0, 0.05) is 0 Å². The van der Waals surface area contributed by atoms with E-state index in [9.17, 15) is 4.79 Å². The molecule has 0 unspecified atom stereocenters. The van der Waals surface area contributed by atoms with Gasteiger partial charge in [0.2, 0.25) is 0 Å². The minimum atomic E-state index is -2.77. The van der Waals surface area contributed by atoms with Gasteiger partial charge >= 0.3 is 128 Å². The van der Waals surface area contributed by atoms with Gasteiger partial charge in [0.15, 0.2) is 0 Å². The SMILES string of the molecule is CCC[CH2][Sn]([CH2]CCC)([CH2]CCC)[C](=O)c1ccco1. The molecule has 0 amide bonds. The standard InChI is InChI=1S/C5H3O2.3C4H9.Sn/c6-4-5-2-1-3-7-5;3*1-3-4-2;/h1-3H;3*1,3-4H2,2H3;. The van der Waals surface area contributed by atoms with E-state index in [0.29, 0.717) is 9.56 Å². The maximum atomic E-state index is 13.0. The third kappa shape index (κ3) is 4.94. The Hall–Kier alpha value is -0.251. The molecule has 0 spiro atoms. The Bertz CT molecular complexity index is 349. The Morgan fingerprint density at radius 3 is 1.85 bits per heavy atom. The molecular weight excluding hydrogens is 355 g/mol. The van der Waals surface area contributed by atoms with Gasteiger partial charge in [-0.3, -0.25) is 0 Å². The normalized spacial score (nSPS) is 11.8. The van der Waals surface area contributed by atoms with Crippen molar-refractivity contribution in [1.82, 2.24) is 0 Å². The minimum absolute atomic E-state index is 0.444. The number of carbonyl (C=O) groups is 1. The van der Waals surface area contributed by atoms with Gasteiger partial charge in [0.25, 0.3) is 0 Å². The number of hydrogen-bond acceptors (Lipinski definition) is 2. The van der Waals surface area contributed by atoms with Crippen molar-refractivity contribution in [2.75, 3.05) is 0 Å². The summed E-state index contributed by atoms with van der Waals surface area (Å²) in [4.78, 5) is 13.0. The fraction of sp³-hybridized carbons (Fsp3) is 0.706. The molecular formula is C17H30O2Sn. The number of carbonyl (C=O) groups excluding carboxylic acids is 1. The molecule has 1 aromatic heterocycles. The molecule has 1 aromatic rings. The molecule has 0 saturated carbocycles. The van der Waals surface area contributed by atoms with Crippen LogP contribution in [0.2, 0.25) is 13.3 Å². The van der Waals surface area contributed by atoms with E-state index in [1.807, 2.05) is 12.1 Å². The average Bonchev–Trinajstić information content (AvgIpc) is 3.00. The van der Waals surface area contributed by atoms with Crippen molar-refractivity contribution in [1.29, 1.82) is 0 Å². The molecule has 0 N–H and O–H groups in total. The van der Waals surface area contributed by atoms with Crippen molar-refractivity contribution in [2.45, 2.75) is 72.6 Å². The summed E-state index contributed by atoms with van der Waals surface area (Å²) in [5, 5.41) is 0. The molecule has 0 fully saturated rings. The van der Waals surface area contributed by atoms with Crippen LogP contribution >= 0.6 is 0 Å². The quantitative estimate of drug-likeness (QED) is 0.448. The van der Waals surface area contributed by atoms with Crippen LogP contribution in [0.1, 0.15) is 69.9 Å². The molecule has 0 atom stereocenters. The summed E-state index contributed by atoms with van der Waals surface area (Å²) in [6.45, 7) is 6.69. The van der Waals surface area contributed by atoms with Crippen LogP contribution in [0, 0.1) is 0 Å². The molecule has 0 radical (unpaired) electrons. The van der Waals surface area contributed by atoms with Crippen molar-refractivity contribution < 1.29 is 9.21 Å². The van der Waals surface area contributed by atoms with Gasteiger partial charge in [0.05, 0.1) is 0 Å². The first-order valence-electron chi connectivity index (χ1n) is 8.28. The van der Waals surface area contributed by atoms with Crippen LogP contribution in [0.3, 0.4) is 0 Å². The van der Waals surface area contributed by atoms with Crippen LogP contribution in [-0.2, 0) is 0 Å². The van der Waals surface area contributed by atoms with Crippen LogP contribution in [0.5, 0.6) is 0 Å². The first-order valence-corrected chi connectivity index (χ1v) is 15.8. The van der Waals surface area contributed by atoms with Gasteiger partial charge < -0.3 is 0 Å². The molecule has 0 aromatic carbocycles. The van der Waals surface area contributed by atoms with E-state index in [1.54, 1.807) is 6.26 Å². The summed E-state index contributed by atoms with van der Waals surface area (Å²) in [7, 11) is 0. The van der Waals surface area contributed by atoms with E-state index >= 15 is 0 Å². The second kappa shape index (κ2) is 9.64. The first kappa shape index (κ1) is 17.8. The zero-order valence-electron chi connectivity index (χ0n) is 13.4. The summed E-state index contributed by atoms with van der Waals surface area (Å²) < 4.78 is 9.53. The average molecular weight is 385 g/mol. The molecule has 0 aliphatic carbocycles. The topological polar surface area (TPSA) is 30.2 Å². The van der Waals surface area contributed by atoms with Crippen molar-refractivity contribution >= 4 is 22.2 Å². The summed E-state index contributed by atoms with van der Waals surface area (Å²) >= 11 is -2.77. The van der Waals surface area contributed by atoms with E-state index in [-0.39, 0.29) is 0 Å². The third-order valence-corrected chi connectivity index (χ3v) is 18.9. The number of unbranched alkanes of at least 4 members (excludes halogenated alkanes) is 3. The van der Waals surface area contributed by atoms with Gasteiger partial charge in [-0.15, -0.1) is 0 Å². The zero-order valence-corrected chi connectivity index (χ0v) is 16.3. The Labute approximate surface area is 128 Å². The van der Waals surface area contributed by atoms with E-state index in [0.717, 1.165) is 0 Å². The van der Waals surface area contributed by atoms with Gasteiger partial charge in [-0.05, 0) is 0 Å². The van der Waals surface area contributed by atoms with Crippen molar-refractivity contribution in [3.8, 4) is 0 Å². The first-order chi connectivity index (χ1) is 9.70. The van der Waals surface area contributed by atoms with E-state index in [2.05, 4.69) is 20.8 Å². The van der Waals surface area contributed by atoms with Gasteiger partial charge in [-0.2, -0.15) is 0 Å². The van der Waals surface area contributed by atoms with Crippen LogP contribution in [-0.4, -0.2) is 22.2 Å². The fourth-order valence-electron chi connectivity index (χ4n) is 2.93. The van der Waals surface area contributed by atoms with Gasteiger partial charge in [-0.1, -0.05) is 0 Å². The Morgan fingerprint density at radius 2 is 1.50 bits per heavy atom. The summed E-state index contributed by atoms with van der Waals surface area (Å²) in [5.74, 6) is 0.643. The van der Waals surface area contributed by atoms with Crippen LogP contribution in [0.25, 0.3) is 0 Å². The predicted octanol–water partition coefficient (Wildman–Crippen LogP) is 5.85. The molecule has 20 heavy (non-hydrogen) atoms. The monoisotopic (exact) mass is 386 g/mol.